The first kappa shape index (κ1) is 26.4. The average Bonchev–Trinajstić information content (AvgIpc) is 3.29. The molecule has 1 heterocycles. The van der Waals surface area contributed by atoms with Crippen molar-refractivity contribution in [2.75, 3.05) is 6.54 Å². The zero-order valence-electron chi connectivity index (χ0n) is 21.9. The summed E-state index contributed by atoms with van der Waals surface area (Å²) in [5.74, 6) is 0.124. The maximum Gasteiger partial charge on any atom is 0.335 e. The number of benzene rings is 3. The lowest BCUT2D eigenvalue weighted by Gasteiger charge is -2.24. The number of aromatic nitrogens is 2. The molecule has 37 heavy (non-hydrogen) atoms. The maximum absolute atomic E-state index is 11.3. The van der Waals surface area contributed by atoms with Gasteiger partial charge in [-0.05, 0) is 37.1 Å². The van der Waals surface area contributed by atoms with Gasteiger partial charge in [-0.15, -0.1) is 0 Å². The van der Waals surface area contributed by atoms with Crippen LogP contribution in [-0.2, 0) is 19.6 Å². The molecule has 5 heteroatoms. The zero-order valence-corrected chi connectivity index (χ0v) is 21.9. The van der Waals surface area contributed by atoms with E-state index in [4.69, 9.17) is 4.98 Å². The van der Waals surface area contributed by atoms with Crippen molar-refractivity contribution in [1.29, 1.82) is 0 Å². The molecule has 1 N–H and O–H groups in total. The van der Waals surface area contributed by atoms with Crippen LogP contribution in [0.2, 0.25) is 0 Å². The van der Waals surface area contributed by atoms with E-state index in [-0.39, 0.29) is 0 Å². The highest BCUT2D eigenvalue weighted by Crippen LogP contribution is 2.31. The Morgan fingerprint density at radius 2 is 1.43 bits per heavy atom. The number of aromatic carboxylic acids is 1. The van der Waals surface area contributed by atoms with E-state index in [1.165, 1.54) is 5.69 Å². The van der Waals surface area contributed by atoms with Crippen LogP contribution >= 0.6 is 0 Å². The summed E-state index contributed by atoms with van der Waals surface area (Å²) in [6, 6.07) is 28.2. The Balaban J connectivity index is 1.76. The van der Waals surface area contributed by atoms with Crippen LogP contribution in [0.15, 0.2) is 84.9 Å². The fourth-order valence-corrected chi connectivity index (χ4v) is 4.66. The predicted octanol–water partition coefficient (Wildman–Crippen LogP) is 7.52. The molecule has 0 fully saturated rings. The SMILES string of the molecule is CCCCN(Cc1ccc(C(=O)O)cc1)Cc1c(-c2ccccc2)nc(-c2ccccc2)n1CCCC. The molecule has 0 radical (unpaired) electrons. The summed E-state index contributed by atoms with van der Waals surface area (Å²) in [7, 11) is 0. The van der Waals surface area contributed by atoms with E-state index in [0.29, 0.717) is 5.56 Å². The molecule has 3 aromatic carbocycles. The van der Waals surface area contributed by atoms with E-state index >= 15 is 0 Å². The van der Waals surface area contributed by atoms with Gasteiger partial charge in [0, 0.05) is 30.8 Å². The third kappa shape index (κ3) is 6.75. The van der Waals surface area contributed by atoms with Gasteiger partial charge in [-0.1, -0.05) is 99.5 Å². The summed E-state index contributed by atoms with van der Waals surface area (Å²) in [5, 5.41) is 9.28. The maximum atomic E-state index is 11.3. The third-order valence-corrected chi connectivity index (χ3v) is 6.70. The van der Waals surface area contributed by atoms with Gasteiger partial charge in [-0.3, -0.25) is 4.90 Å². The fraction of sp³-hybridized carbons (Fsp3) is 0.312. The van der Waals surface area contributed by atoms with Gasteiger partial charge < -0.3 is 9.67 Å². The van der Waals surface area contributed by atoms with Crippen molar-refractivity contribution in [2.24, 2.45) is 0 Å². The van der Waals surface area contributed by atoms with Gasteiger partial charge in [-0.2, -0.15) is 0 Å². The van der Waals surface area contributed by atoms with Crippen LogP contribution < -0.4 is 0 Å². The molecule has 4 aromatic rings. The molecule has 0 atom stereocenters. The number of hydrogen-bond acceptors (Lipinski definition) is 3. The number of nitrogens with zero attached hydrogens (tertiary/aromatic N) is 3. The van der Waals surface area contributed by atoms with Crippen molar-refractivity contribution in [2.45, 2.75) is 59.2 Å². The number of rotatable bonds is 13. The van der Waals surface area contributed by atoms with Crippen molar-refractivity contribution >= 4 is 5.97 Å². The van der Waals surface area contributed by atoms with Crippen LogP contribution in [0.4, 0.5) is 0 Å². The Morgan fingerprint density at radius 3 is 2.03 bits per heavy atom. The van der Waals surface area contributed by atoms with Gasteiger partial charge in [0.2, 0.25) is 0 Å². The van der Waals surface area contributed by atoms with Crippen LogP contribution in [0.1, 0.15) is 61.1 Å². The van der Waals surface area contributed by atoms with Gasteiger partial charge in [0.1, 0.15) is 5.82 Å². The number of hydrogen-bond donors (Lipinski definition) is 1. The summed E-state index contributed by atoms with van der Waals surface area (Å²) < 4.78 is 2.42. The summed E-state index contributed by atoms with van der Waals surface area (Å²) in [4.78, 5) is 19.0. The van der Waals surface area contributed by atoms with Crippen molar-refractivity contribution in [3.63, 3.8) is 0 Å². The Morgan fingerprint density at radius 1 is 0.811 bits per heavy atom. The second kappa shape index (κ2) is 13.0. The lowest BCUT2D eigenvalue weighted by molar-refractivity contribution is 0.0697. The van der Waals surface area contributed by atoms with Crippen molar-refractivity contribution in [1.82, 2.24) is 14.5 Å². The van der Waals surface area contributed by atoms with Crippen molar-refractivity contribution in [3.05, 3.63) is 102 Å². The van der Waals surface area contributed by atoms with Crippen LogP contribution in [0.25, 0.3) is 22.6 Å². The summed E-state index contributed by atoms with van der Waals surface area (Å²) in [6.45, 7) is 7.86. The molecule has 192 valence electrons. The van der Waals surface area contributed by atoms with E-state index in [1.807, 2.05) is 24.3 Å². The minimum Gasteiger partial charge on any atom is -0.478 e. The van der Waals surface area contributed by atoms with Crippen molar-refractivity contribution in [3.8, 4) is 22.6 Å². The first-order valence-electron chi connectivity index (χ1n) is 13.4. The van der Waals surface area contributed by atoms with Gasteiger partial charge in [0.05, 0.1) is 17.0 Å². The van der Waals surface area contributed by atoms with E-state index in [9.17, 15) is 9.90 Å². The largest absolute Gasteiger partial charge is 0.478 e. The van der Waals surface area contributed by atoms with Crippen LogP contribution in [-0.4, -0.2) is 32.1 Å². The molecule has 0 spiro atoms. The smallest absolute Gasteiger partial charge is 0.335 e. The Kier molecular flexibility index (Phi) is 9.28. The quantitative estimate of drug-likeness (QED) is 0.208. The molecule has 0 amide bonds. The Labute approximate surface area is 220 Å². The van der Waals surface area contributed by atoms with Crippen molar-refractivity contribution < 1.29 is 9.90 Å². The highest BCUT2D eigenvalue weighted by Gasteiger charge is 2.22. The number of carboxylic acid groups (broad SMARTS) is 1. The number of carbonyl (C=O) groups is 1. The molecular formula is C32H37N3O2. The highest BCUT2D eigenvalue weighted by molar-refractivity contribution is 5.87. The first-order valence-corrected chi connectivity index (χ1v) is 13.4. The normalized spacial score (nSPS) is 11.2. The summed E-state index contributed by atoms with van der Waals surface area (Å²) in [5.41, 5.74) is 5.97. The molecule has 0 bridgehead atoms. The van der Waals surface area contributed by atoms with Gasteiger partial charge >= 0.3 is 5.97 Å². The molecule has 0 aliphatic rings. The average molecular weight is 496 g/mol. The van der Waals surface area contributed by atoms with E-state index in [2.05, 4.69) is 71.8 Å². The summed E-state index contributed by atoms with van der Waals surface area (Å²) >= 11 is 0. The van der Waals surface area contributed by atoms with E-state index < -0.39 is 5.97 Å². The number of imidazole rings is 1. The lowest BCUT2D eigenvalue weighted by atomic mass is 10.1. The molecule has 5 nitrogen and oxygen atoms in total. The second-order valence-corrected chi connectivity index (χ2v) is 9.53. The molecule has 4 rings (SSSR count). The molecule has 0 saturated heterocycles. The van der Waals surface area contributed by atoms with Crippen LogP contribution in [0, 0.1) is 0 Å². The van der Waals surface area contributed by atoms with E-state index in [1.54, 1.807) is 12.1 Å². The highest BCUT2D eigenvalue weighted by atomic mass is 16.4. The topological polar surface area (TPSA) is 58.4 Å². The van der Waals surface area contributed by atoms with Gasteiger partial charge in [-0.25, -0.2) is 9.78 Å². The Hall–Kier alpha value is -3.70. The zero-order chi connectivity index (χ0) is 26.0. The predicted molar refractivity (Wildman–Crippen MR) is 150 cm³/mol. The van der Waals surface area contributed by atoms with Crippen LogP contribution in [0.5, 0.6) is 0 Å². The van der Waals surface area contributed by atoms with E-state index in [0.717, 1.165) is 80.1 Å². The molecule has 0 aliphatic heterocycles. The van der Waals surface area contributed by atoms with Gasteiger partial charge in [0.15, 0.2) is 0 Å². The fourth-order valence-electron chi connectivity index (χ4n) is 4.66. The first-order chi connectivity index (χ1) is 18.1. The number of carboxylic acids is 1. The van der Waals surface area contributed by atoms with Crippen LogP contribution in [0.3, 0.4) is 0 Å². The molecule has 0 unspecified atom stereocenters. The second-order valence-electron chi connectivity index (χ2n) is 9.53. The third-order valence-electron chi connectivity index (χ3n) is 6.70. The minimum absolute atomic E-state index is 0.320. The van der Waals surface area contributed by atoms with Gasteiger partial charge in [0.25, 0.3) is 0 Å². The molecule has 1 aromatic heterocycles. The lowest BCUT2D eigenvalue weighted by Crippen LogP contribution is -2.26. The molecule has 0 saturated carbocycles. The Bertz CT molecular complexity index is 1260. The number of unbranched alkanes of at least 4 members (excludes halogenated alkanes) is 2. The summed E-state index contributed by atoms with van der Waals surface area (Å²) in [6.07, 6.45) is 4.41. The molecular weight excluding hydrogens is 458 g/mol. The monoisotopic (exact) mass is 495 g/mol. The minimum atomic E-state index is -0.893. The standard InChI is InChI=1S/C32H37N3O2/c1-3-5-21-34(23-25-17-19-28(20-18-25)32(36)37)24-29-30(26-13-9-7-10-14-26)33-31(35(29)22-6-4-2)27-15-11-8-12-16-27/h7-20H,3-6,21-24H2,1-2H3,(H,36,37). The molecule has 0 aliphatic carbocycles.